The first-order chi connectivity index (χ1) is 9.81. The lowest BCUT2D eigenvalue weighted by Crippen LogP contribution is -2.24. The van der Waals surface area contributed by atoms with Gasteiger partial charge in [0.1, 0.15) is 0 Å². The van der Waals surface area contributed by atoms with Crippen molar-refractivity contribution >= 4 is 11.8 Å². The molecule has 0 amide bonds. The predicted molar refractivity (Wildman–Crippen MR) is 87.2 cm³/mol. The highest BCUT2D eigenvalue weighted by atomic mass is 32.2. The van der Waals surface area contributed by atoms with Gasteiger partial charge in [-0.1, -0.05) is 31.2 Å². The number of aromatic nitrogens is 1. The minimum absolute atomic E-state index is 0.355. The Hall–Kier alpha value is -1.32. The van der Waals surface area contributed by atoms with E-state index in [2.05, 4.69) is 54.5 Å². The standard InChI is InChI=1S/C17H22N2S/c1-3-10-19-16(15-8-6-11-18-12-15)13-20-17-9-5-4-7-14(17)2/h4-9,11-12,16,19H,3,10,13H2,1-2H3. The van der Waals surface area contributed by atoms with Gasteiger partial charge in [0.25, 0.3) is 0 Å². The topological polar surface area (TPSA) is 24.9 Å². The summed E-state index contributed by atoms with van der Waals surface area (Å²) in [4.78, 5) is 5.60. The molecule has 2 nitrogen and oxygen atoms in total. The Morgan fingerprint density at radius 1 is 1.20 bits per heavy atom. The molecule has 0 radical (unpaired) electrons. The largest absolute Gasteiger partial charge is 0.309 e. The van der Waals surface area contributed by atoms with E-state index in [4.69, 9.17) is 0 Å². The Bertz CT molecular complexity index is 513. The maximum absolute atomic E-state index is 4.24. The Morgan fingerprint density at radius 3 is 2.75 bits per heavy atom. The summed E-state index contributed by atoms with van der Waals surface area (Å²) in [5.74, 6) is 1.02. The smallest absolute Gasteiger partial charge is 0.0430 e. The third-order valence-corrected chi connectivity index (χ3v) is 4.50. The number of benzene rings is 1. The fourth-order valence-electron chi connectivity index (χ4n) is 2.07. The molecule has 1 N–H and O–H groups in total. The van der Waals surface area contributed by atoms with Crippen LogP contribution < -0.4 is 5.32 Å². The van der Waals surface area contributed by atoms with Crippen LogP contribution in [-0.2, 0) is 0 Å². The van der Waals surface area contributed by atoms with Gasteiger partial charge >= 0.3 is 0 Å². The molecule has 2 rings (SSSR count). The Balaban J connectivity index is 2.03. The number of nitrogens with zero attached hydrogens (tertiary/aromatic N) is 1. The van der Waals surface area contributed by atoms with E-state index >= 15 is 0 Å². The van der Waals surface area contributed by atoms with E-state index in [1.807, 2.05) is 30.2 Å². The lowest BCUT2D eigenvalue weighted by Gasteiger charge is -2.18. The van der Waals surface area contributed by atoms with E-state index in [9.17, 15) is 0 Å². The van der Waals surface area contributed by atoms with Gasteiger partial charge in [0.15, 0.2) is 0 Å². The second-order valence-corrected chi connectivity index (χ2v) is 5.93. The van der Waals surface area contributed by atoms with Crippen molar-refractivity contribution in [3.63, 3.8) is 0 Å². The molecule has 1 atom stereocenters. The molecule has 106 valence electrons. The van der Waals surface area contributed by atoms with Crippen molar-refractivity contribution in [2.45, 2.75) is 31.2 Å². The zero-order chi connectivity index (χ0) is 14.2. The number of aryl methyl sites for hydroxylation is 1. The maximum atomic E-state index is 4.24. The molecule has 0 aliphatic rings. The summed E-state index contributed by atoms with van der Waals surface area (Å²) in [6.45, 7) is 5.40. The fourth-order valence-corrected chi connectivity index (χ4v) is 3.19. The summed E-state index contributed by atoms with van der Waals surface area (Å²) < 4.78 is 0. The van der Waals surface area contributed by atoms with E-state index in [0.717, 1.165) is 18.7 Å². The van der Waals surface area contributed by atoms with Gasteiger partial charge < -0.3 is 5.32 Å². The van der Waals surface area contributed by atoms with E-state index in [-0.39, 0.29) is 0 Å². The molecule has 0 spiro atoms. The lowest BCUT2D eigenvalue weighted by molar-refractivity contribution is 0.576. The minimum atomic E-state index is 0.355. The molecular formula is C17H22N2S. The number of hydrogen-bond acceptors (Lipinski definition) is 3. The summed E-state index contributed by atoms with van der Waals surface area (Å²) in [7, 11) is 0. The summed E-state index contributed by atoms with van der Waals surface area (Å²) in [6, 6.07) is 13.1. The van der Waals surface area contributed by atoms with E-state index < -0.39 is 0 Å². The van der Waals surface area contributed by atoms with Crippen LogP contribution in [0.2, 0.25) is 0 Å². The first-order valence-electron chi connectivity index (χ1n) is 7.13. The van der Waals surface area contributed by atoms with Crippen LogP contribution in [0.1, 0.15) is 30.5 Å². The third-order valence-electron chi connectivity index (χ3n) is 3.23. The highest BCUT2D eigenvalue weighted by molar-refractivity contribution is 7.99. The van der Waals surface area contributed by atoms with Crippen molar-refractivity contribution in [2.24, 2.45) is 0 Å². The molecule has 1 aromatic heterocycles. The molecule has 1 aromatic carbocycles. The number of thioether (sulfide) groups is 1. The summed E-state index contributed by atoms with van der Waals surface area (Å²) in [5.41, 5.74) is 2.61. The molecule has 0 saturated heterocycles. The highest BCUT2D eigenvalue weighted by Crippen LogP contribution is 2.26. The molecule has 0 saturated carbocycles. The van der Waals surface area contributed by atoms with Crippen LogP contribution in [0.3, 0.4) is 0 Å². The molecule has 0 aliphatic carbocycles. The first-order valence-corrected chi connectivity index (χ1v) is 8.11. The van der Waals surface area contributed by atoms with Crippen LogP contribution in [-0.4, -0.2) is 17.3 Å². The van der Waals surface area contributed by atoms with Gasteiger partial charge in [-0.3, -0.25) is 4.98 Å². The Labute approximate surface area is 126 Å². The maximum Gasteiger partial charge on any atom is 0.0430 e. The second-order valence-electron chi connectivity index (χ2n) is 4.87. The Kier molecular flexibility index (Phi) is 6.09. The van der Waals surface area contributed by atoms with Gasteiger partial charge in [0.05, 0.1) is 0 Å². The average Bonchev–Trinajstić information content (AvgIpc) is 2.50. The zero-order valence-corrected chi connectivity index (χ0v) is 13.0. The van der Waals surface area contributed by atoms with Gasteiger partial charge in [-0.05, 0) is 43.1 Å². The molecule has 1 heterocycles. The lowest BCUT2D eigenvalue weighted by atomic mass is 10.1. The van der Waals surface area contributed by atoms with Crippen LogP contribution in [0.5, 0.6) is 0 Å². The van der Waals surface area contributed by atoms with E-state index in [0.29, 0.717) is 6.04 Å². The molecule has 3 heteroatoms. The molecular weight excluding hydrogens is 264 g/mol. The van der Waals surface area contributed by atoms with Gasteiger partial charge in [-0.15, -0.1) is 11.8 Å². The van der Waals surface area contributed by atoms with Crippen molar-refractivity contribution in [3.8, 4) is 0 Å². The van der Waals surface area contributed by atoms with Gasteiger partial charge in [0, 0.05) is 29.1 Å². The highest BCUT2D eigenvalue weighted by Gasteiger charge is 2.11. The zero-order valence-electron chi connectivity index (χ0n) is 12.2. The summed E-state index contributed by atoms with van der Waals surface area (Å²) in [5, 5.41) is 3.61. The fraction of sp³-hybridized carbons (Fsp3) is 0.353. The minimum Gasteiger partial charge on any atom is -0.309 e. The van der Waals surface area contributed by atoms with Crippen LogP contribution >= 0.6 is 11.8 Å². The van der Waals surface area contributed by atoms with Crippen molar-refractivity contribution in [3.05, 3.63) is 59.9 Å². The van der Waals surface area contributed by atoms with Crippen molar-refractivity contribution in [1.29, 1.82) is 0 Å². The van der Waals surface area contributed by atoms with Crippen LogP contribution in [0.25, 0.3) is 0 Å². The van der Waals surface area contributed by atoms with E-state index in [1.54, 1.807) is 0 Å². The number of hydrogen-bond donors (Lipinski definition) is 1. The van der Waals surface area contributed by atoms with Crippen molar-refractivity contribution in [1.82, 2.24) is 10.3 Å². The predicted octanol–water partition coefficient (Wildman–Crippen LogP) is 4.22. The summed E-state index contributed by atoms with van der Waals surface area (Å²) >= 11 is 1.91. The van der Waals surface area contributed by atoms with Crippen LogP contribution in [0.4, 0.5) is 0 Å². The quantitative estimate of drug-likeness (QED) is 0.771. The molecule has 0 fully saturated rings. The molecule has 20 heavy (non-hydrogen) atoms. The molecule has 0 bridgehead atoms. The first kappa shape index (κ1) is 15.1. The molecule has 1 unspecified atom stereocenters. The normalized spacial score (nSPS) is 12.3. The SMILES string of the molecule is CCCNC(CSc1ccccc1C)c1cccnc1. The van der Waals surface area contributed by atoms with Crippen LogP contribution in [0, 0.1) is 6.92 Å². The van der Waals surface area contributed by atoms with Gasteiger partial charge in [-0.2, -0.15) is 0 Å². The number of pyridine rings is 1. The third kappa shape index (κ3) is 4.36. The molecule has 0 aliphatic heterocycles. The van der Waals surface area contributed by atoms with Crippen molar-refractivity contribution < 1.29 is 0 Å². The monoisotopic (exact) mass is 286 g/mol. The van der Waals surface area contributed by atoms with Crippen molar-refractivity contribution in [2.75, 3.05) is 12.3 Å². The van der Waals surface area contributed by atoms with Gasteiger partial charge in [0.2, 0.25) is 0 Å². The Morgan fingerprint density at radius 2 is 2.05 bits per heavy atom. The van der Waals surface area contributed by atoms with Crippen LogP contribution in [0.15, 0.2) is 53.7 Å². The number of rotatable bonds is 7. The van der Waals surface area contributed by atoms with Gasteiger partial charge in [-0.25, -0.2) is 0 Å². The number of nitrogens with one attached hydrogen (secondary N) is 1. The molecule has 2 aromatic rings. The second kappa shape index (κ2) is 8.08. The van der Waals surface area contributed by atoms with E-state index in [1.165, 1.54) is 16.0 Å². The summed E-state index contributed by atoms with van der Waals surface area (Å²) in [6.07, 6.45) is 4.94. The average molecular weight is 286 g/mol.